The van der Waals surface area contributed by atoms with Crippen molar-refractivity contribution < 1.29 is 9.26 Å². The summed E-state index contributed by atoms with van der Waals surface area (Å²) in [7, 11) is 0. The summed E-state index contributed by atoms with van der Waals surface area (Å²) >= 11 is 0. The number of nitrogens with one attached hydrogen (secondary N) is 1. The van der Waals surface area contributed by atoms with E-state index in [0.29, 0.717) is 30.9 Å². The molecule has 1 aliphatic heterocycles. The van der Waals surface area contributed by atoms with Crippen LogP contribution in [-0.2, 0) is 6.54 Å². The monoisotopic (exact) mass is 338 g/mol. The van der Waals surface area contributed by atoms with Crippen molar-refractivity contribution in [1.29, 1.82) is 0 Å². The predicted molar refractivity (Wildman–Crippen MR) is 90.9 cm³/mol. The van der Waals surface area contributed by atoms with Crippen LogP contribution in [0.2, 0.25) is 0 Å². The fourth-order valence-electron chi connectivity index (χ4n) is 2.59. The van der Waals surface area contributed by atoms with Crippen LogP contribution in [0.4, 0.5) is 0 Å². The van der Waals surface area contributed by atoms with Crippen molar-refractivity contribution in [2.75, 3.05) is 26.2 Å². The summed E-state index contributed by atoms with van der Waals surface area (Å²) in [6.45, 7) is 8.54. The van der Waals surface area contributed by atoms with Crippen LogP contribution >= 0.6 is 12.4 Å². The van der Waals surface area contributed by atoms with Gasteiger partial charge in [0.1, 0.15) is 5.75 Å². The van der Waals surface area contributed by atoms with Crippen LogP contribution in [0.3, 0.4) is 0 Å². The highest BCUT2D eigenvalue weighted by atomic mass is 35.5. The second-order valence-corrected chi connectivity index (χ2v) is 5.49. The number of halogens is 1. The van der Waals surface area contributed by atoms with Crippen LogP contribution in [0.25, 0.3) is 11.4 Å². The minimum absolute atomic E-state index is 0. The summed E-state index contributed by atoms with van der Waals surface area (Å²) in [6, 6.07) is 8.23. The van der Waals surface area contributed by atoms with Gasteiger partial charge in [-0.3, -0.25) is 4.90 Å². The maximum atomic E-state index is 5.44. The molecule has 0 unspecified atom stereocenters. The first-order chi connectivity index (χ1) is 10.8. The summed E-state index contributed by atoms with van der Waals surface area (Å²) < 4.78 is 10.8. The topological polar surface area (TPSA) is 63.4 Å². The van der Waals surface area contributed by atoms with Gasteiger partial charge in [0.2, 0.25) is 11.7 Å². The Morgan fingerprint density at radius 2 is 2.13 bits per heavy atom. The maximum Gasteiger partial charge on any atom is 0.241 e. The number of nitrogens with zero attached hydrogens (tertiary/aromatic N) is 3. The average Bonchev–Trinajstić information content (AvgIpc) is 2.99. The number of hydrogen-bond donors (Lipinski definition) is 1. The Hall–Kier alpha value is -1.63. The lowest BCUT2D eigenvalue weighted by molar-refractivity contribution is 0.146. The van der Waals surface area contributed by atoms with Crippen molar-refractivity contribution in [3.63, 3.8) is 0 Å². The van der Waals surface area contributed by atoms with Gasteiger partial charge in [0, 0.05) is 31.2 Å². The molecule has 1 aliphatic rings. The van der Waals surface area contributed by atoms with E-state index < -0.39 is 0 Å². The first kappa shape index (κ1) is 17.7. The van der Waals surface area contributed by atoms with Crippen LogP contribution in [0.1, 0.15) is 19.7 Å². The van der Waals surface area contributed by atoms with E-state index in [-0.39, 0.29) is 12.4 Å². The molecule has 23 heavy (non-hydrogen) atoms. The van der Waals surface area contributed by atoms with E-state index in [4.69, 9.17) is 9.26 Å². The molecule has 126 valence electrons. The van der Waals surface area contributed by atoms with Crippen LogP contribution in [-0.4, -0.2) is 47.3 Å². The molecule has 2 aromatic rings. The number of aromatic nitrogens is 2. The Morgan fingerprint density at radius 1 is 1.35 bits per heavy atom. The zero-order chi connectivity index (χ0) is 15.4. The lowest BCUT2D eigenvalue weighted by Gasteiger charge is -2.32. The molecule has 1 atom stereocenters. The number of benzene rings is 1. The molecule has 6 nitrogen and oxygen atoms in total. The van der Waals surface area contributed by atoms with E-state index in [1.165, 1.54) is 0 Å². The zero-order valence-electron chi connectivity index (χ0n) is 13.5. The number of ether oxygens (including phenoxy) is 1. The van der Waals surface area contributed by atoms with Gasteiger partial charge in [0.25, 0.3) is 0 Å². The Kier molecular flexibility index (Phi) is 6.38. The van der Waals surface area contributed by atoms with Gasteiger partial charge in [-0.2, -0.15) is 4.98 Å². The second-order valence-electron chi connectivity index (χ2n) is 5.49. The van der Waals surface area contributed by atoms with Gasteiger partial charge in [0.15, 0.2) is 0 Å². The third-order valence-electron chi connectivity index (χ3n) is 3.87. The maximum absolute atomic E-state index is 5.44. The van der Waals surface area contributed by atoms with Gasteiger partial charge in [-0.05, 0) is 38.1 Å². The molecular formula is C16H23ClN4O2. The molecule has 3 rings (SSSR count). The average molecular weight is 339 g/mol. The van der Waals surface area contributed by atoms with Gasteiger partial charge in [-0.25, -0.2) is 0 Å². The molecule has 1 fully saturated rings. The summed E-state index contributed by atoms with van der Waals surface area (Å²) in [5, 5.41) is 7.46. The highest BCUT2D eigenvalue weighted by molar-refractivity contribution is 5.85. The zero-order valence-corrected chi connectivity index (χ0v) is 14.3. The third kappa shape index (κ3) is 4.43. The summed E-state index contributed by atoms with van der Waals surface area (Å²) in [5.41, 5.74) is 0.937. The Balaban J connectivity index is 0.00000192. The van der Waals surface area contributed by atoms with Crippen molar-refractivity contribution in [3.8, 4) is 17.1 Å². The molecule has 0 saturated carbocycles. The van der Waals surface area contributed by atoms with E-state index >= 15 is 0 Å². The molecule has 1 N–H and O–H groups in total. The minimum atomic E-state index is 0. The lowest BCUT2D eigenvalue weighted by atomic mass is 10.2. The largest absolute Gasteiger partial charge is 0.494 e. The van der Waals surface area contributed by atoms with Crippen molar-refractivity contribution in [2.24, 2.45) is 0 Å². The van der Waals surface area contributed by atoms with E-state index in [9.17, 15) is 0 Å². The van der Waals surface area contributed by atoms with Crippen molar-refractivity contribution >= 4 is 12.4 Å². The van der Waals surface area contributed by atoms with Gasteiger partial charge in [-0.15, -0.1) is 12.4 Å². The minimum Gasteiger partial charge on any atom is -0.494 e. The SMILES string of the molecule is CCOc1ccc(-c2noc(CN3CCNC[C@@H]3C)n2)cc1.Cl. The number of rotatable bonds is 5. The standard InChI is InChI=1S/C16H22N4O2.ClH/c1-3-21-14-6-4-13(5-7-14)16-18-15(22-19-16)11-20-9-8-17-10-12(20)2;/h4-7,12,17H,3,8-11H2,1-2H3;1H/t12-;/m0./s1. The highest BCUT2D eigenvalue weighted by Gasteiger charge is 2.20. The van der Waals surface area contributed by atoms with Crippen LogP contribution in [0.15, 0.2) is 28.8 Å². The van der Waals surface area contributed by atoms with Gasteiger partial charge < -0.3 is 14.6 Å². The molecular weight excluding hydrogens is 316 g/mol. The number of hydrogen-bond acceptors (Lipinski definition) is 6. The van der Waals surface area contributed by atoms with Gasteiger partial charge in [0.05, 0.1) is 13.2 Å². The highest BCUT2D eigenvalue weighted by Crippen LogP contribution is 2.20. The third-order valence-corrected chi connectivity index (χ3v) is 3.87. The van der Waals surface area contributed by atoms with Gasteiger partial charge in [-0.1, -0.05) is 5.16 Å². The molecule has 0 spiro atoms. The summed E-state index contributed by atoms with van der Waals surface area (Å²) in [5.74, 6) is 2.14. The molecule has 0 bridgehead atoms. The summed E-state index contributed by atoms with van der Waals surface area (Å²) in [6.07, 6.45) is 0. The molecule has 1 saturated heterocycles. The van der Waals surface area contributed by atoms with Crippen LogP contribution in [0, 0.1) is 0 Å². The fourth-order valence-corrected chi connectivity index (χ4v) is 2.59. The van der Waals surface area contributed by atoms with E-state index in [0.717, 1.165) is 30.9 Å². The second kappa shape index (κ2) is 8.29. The van der Waals surface area contributed by atoms with Crippen molar-refractivity contribution in [1.82, 2.24) is 20.4 Å². The summed E-state index contributed by atoms with van der Waals surface area (Å²) in [4.78, 5) is 6.86. The first-order valence-electron chi connectivity index (χ1n) is 7.77. The van der Waals surface area contributed by atoms with E-state index in [2.05, 4.69) is 27.3 Å². The lowest BCUT2D eigenvalue weighted by Crippen LogP contribution is -2.49. The van der Waals surface area contributed by atoms with E-state index in [1.807, 2.05) is 31.2 Å². The van der Waals surface area contributed by atoms with Crippen LogP contribution in [0.5, 0.6) is 5.75 Å². The van der Waals surface area contributed by atoms with Crippen LogP contribution < -0.4 is 10.1 Å². The molecule has 1 aromatic carbocycles. The van der Waals surface area contributed by atoms with Gasteiger partial charge >= 0.3 is 0 Å². The predicted octanol–water partition coefficient (Wildman–Crippen LogP) is 2.35. The molecule has 2 heterocycles. The fraction of sp³-hybridized carbons (Fsp3) is 0.500. The molecule has 7 heteroatoms. The molecule has 0 aliphatic carbocycles. The molecule has 0 radical (unpaired) electrons. The number of piperazine rings is 1. The Bertz CT molecular complexity index is 602. The Labute approximate surface area is 142 Å². The smallest absolute Gasteiger partial charge is 0.241 e. The molecule has 1 aromatic heterocycles. The first-order valence-corrected chi connectivity index (χ1v) is 7.77. The normalized spacial score (nSPS) is 18.4. The van der Waals surface area contributed by atoms with E-state index in [1.54, 1.807) is 0 Å². The molecule has 0 amide bonds. The Morgan fingerprint density at radius 3 is 2.83 bits per heavy atom. The van der Waals surface area contributed by atoms with Crippen molar-refractivity contribution in [2.45, 2.75) is 26.4 Å². The quantitative estimate of drug-likeness (QED) is 0.903. The van der Waals surface area contributed by atoms with Crippen molar-refractivity contribution in [3.05, 3.63) is 30.2 Å².